The molecule has 0 saturated carbocycles. The Morgan fingerprint density at radius 1 is 1.31 bits per heavy atom. The molecular weight excluding hydrogens is 176 g/mol. The van der Waals surface area contributed by atoms with E-state index in [-0.39, 0.29) is 0 Å². The van der Waals surface area contributed by atoms with Crippen molar-refractivity contribution in [2.75, 3.05) is 5.75 Å². The van der Waals surface area contributed by atoms with E-state index in [2.05, 4.69) is 31.7 Å². The molecule has 1 atom stereocenters. The van der Waals surface area contributed by atoms with Crippen molar-refractivity contribution in [3.05, 3.63) is 11.6 Å². The summed E-state index contributed by atoms with van der Waals surface area (Å²) in [5.41, 5.74) is 1.72. The van der Waals surface area contributed by atoms with Crippen molar-refractivity contribution >= 4 is 11.8 Å². The zero-order chi connectivity index (χ0) is 9.52. The van der Waals surface area contributed by atoms with E-state index in [1.165, 1.54) is 44.3 Å². The topological polar surface area (TPSA) is 0 Å². The number of hydrogen-bond donors (Lipinski definition) is 0. The van der Waals surface area contributed by atoms with E-state index >= 15 is 0 Å². The molecule has 0 bridgehead atoms. The summed E-state index contributed by atoms with van der Waals surface area (Å²) in [6.07, 6.45) is 10.7. The van der Waals surface area contributed by atoms with Gasteiger partial charge in [-0.1, -0.05) is 44.8 Å². The molecule has 0 aromatic carbocycles. The zero-order valence-corrected chi connectivity index (χ0v) is 9.83. The first kappa shape index (κ1) is 11.2. The summed E-state index contributed by atoms with van der Waals surface area (Å²) < 4.78 is 0. The predicted molar refractivity (Wildman–Crippen MR) is 63.4 cm³/mol. The molecule has 1 heterocycles. The molecule has 0 N–H and O–H groups in total. The number of unbranched alkanes of at least 4 members (excludes halogenated alkanes) is 2. The Hall–Kier alpha value is 0.0900. The van der Waals surface area contributed by atoms with E-state index in [0.717, 1.165) is 5.25 Å². The minimum atomic E-state index is 0.854. The highest BCUT2D eigenvalue weighted by Crippen LogP contribution is 2.31. The van der Waals surface area contributed by atoms with Crippen LogP contribution < -0.4 is 0 Å². The van der Waals surface area contributed by atoms with Crippen LogP contribution in [0.3, 0.4) is 0 Å². The molecule has 0 nitrogen and oxygen atoms in total. The van der Waals surface area contributed by atoms with Crippen molar-refractivity contribution in [1.29, 1.82) is 0 Å². The second-order valence-electron chi connectivity index (χ2n) is 3.92. The first-order valence-electron chi connectivity index (χ1n) is 5.68. The Balaban J connectivity index is 2.18. The highest BCUT2D eigenvalue weighted by molar-refractivity contribution is 8.00. The normalized spacial score (nSPS) is 22.0. The summed E-state index contributed by atoms with van der Waals surface area (Å²) in [6.45, 7) is 4.55. The predicted octanol–water partition coefficient (Wildman–Crippen LogP) is 4.41. The van der Waals surface area contributed by atoms with Gasteiger partial charge >= 0.3 is 0 Å². The van der Waals surface area contributed by atoms with Crippen molar-refractivity contribution in [2.24, 2.45) is 0 Å². The van der Waals surface area contributed by atoms with E-state index in [0.29, 0.717) is 0 Å². The molecule has 0 aromatic rings. The monoisotopic (exact) mass is 198 g/mol. The maximum absolute atomic E-state index is 2.54. The van der Waals surface area contributed by atoms with E-state index in [1.54, 1.807) is 5.57 Å². The van der Waals surface area contributed by atoms with Crippen LogP contribution in [0, 0.1) is 0 Å². The molecular formula is C12H22S. The van der Waals surface area contributed by atoms with Crippen LogP contribution in [0.5, 0.6) is 0 Å². The molecule has 1 unspecified atom stereocenters. The minimum absolute atomic E-state index is 0.854. The second kappa shape index (κ2) is 6.53. The minimum Gasteiger partial charge on any atom is -0.150 e. The van der Waals surface area contributed by atoms with Gasteiger partial charge in [0.15, 0.2) is 0 Å². The van der Waals surface area contributed by atoms with Crippen LogP contribution in [0.25, 0.3) is 0 Å². The quantitative estimate of drug-likeness (QED) is 0.570. The van der Waals surface area contributed by atoms with E-state index < -0.39 is 0 Å². The van der Waals surface area contributed by atoms with Crippen molar-refractivity contribution in [2.45, 2.75) is 57.6 Å². The Labute approximate surface area is 87.2 Å². The highest BCUT2D eigenvalue weighted by Gasteiger charge is 2.14. The van der Waals surface area contributed by atoms with Crippen LogP contribution in [-0.2, 0) is 0 Å². The molecule has 1 aliphatic rings. The molecule has 1 aliphatic heterocycles. The van der Waals surface area contributed by atoms with Crippen LogP contribution in [-0.4, -0.2) is 11.0 Å². The van der Waals surface area contributed by atoms with Gasteiger partial charge in [0.05, 0.1) is 0 Å². The van der Waals surface area contributed by atoms with Gasteiger partial charge in [0.25, 0.3) is 0 Å². The van der Waals surface area contributed by atoms with Gasteiger partial charge in [-0.25, -0.2) is 0 Å². The van der Waals surface area contributed by atoms with Crippen LogP contribution >= 0.6 is 11.8 Å². The molecule has 0 spiro atoms. The molecule has 13 heavy (non-hydrogen) atoms. The average molecular weight is 198 g/mol. The van der Waals surface area contributed by atoms with Crippen LogP contribution in [0.1, 0.15) is 52.4 Å². The smallest absolute Gasteiger partial charge is 0.0233 e. The van der Waals surface area contributed by atoms with Crippen LogP contribution in [0.2, 0.25) is 0 Å². The summed E-state index contributed by atoms with van der Waals surface area (Å²) in [4.78, 5) is 0. The maximum atomic E-state index is 2.54. The van der Waals surface area contributed by atoms with Crippen molar-refractivity contribution in [3.63, 3.8) is 0 Å². The molecule has 0 aromatic heterocycles. The third-order valence-electron chi connectivity index (χ3n) is 2.60. The molecule has 0 radical (unpaired) electrons. The molecule has 0 fully saturated rings. The lowest BCUT2D eigenvalue weighted by Gasteiger charge is -2.03. The summed E-state index contributed by atoms with van der Waals surface area (Å²) in [6, 6.07) is 0. The molecule has 0 amide bonds. The van der Waals surface area contributed by atoms with Crippen LogP contribution in [0.15, 0.2) is 11.6 Å². The third-order valence-corrected chi connectivity index (χ3v) is 3.94. The fourth-order valence-corrected chi connectivity index (χ4v) is 3.00. The van der Waals surface area contributed by atoms with Crippen molar-refractivity contribution in [1.82, 2.24) is 0 Å². The Morgan fingerprint density at radius 3 is 2.77 bits per heavy atom. The second-order valence-corrected chi connectivity index (χ2v) is 5.15. The number of thioether (sulfide) groups is 1. The fraction of sp³-hybridized carbons (Fsp3) is 0.833. The third kappa shape index (κ3) is 4.21. The fourth-order valence-electron chi connectivity index (χ4n) is 1.70. The summed E-state index contributed by atoms with van der Waals surface area (Å²) >= 11 is 2.15. The number of rotatable bonds is 6. The van der Waals surface area contributed by atoms with Gasteiger partial charge in [-0.2, -0.15) is 0 Å². The molecule has 1 rings (SSSR count). The Kier molecular flexibility index (Phi) is 5.61. The standard InChI is InChI=1S/C12H22S/c1-3-5-7-11-9-12(13-10-11)8-6-4-2/h9,12H,3-8,10H2,1-2H3. The first-order valence-corrected chi connectivity index (χ1v) is 6.72. The van der Waals surface area contributed by atoms with Crippen LogP contribution in [0.4, 0.5) is 0 Å². The zero-order valence-electron chi connectivity index (χ0n) is 9.01. The van der Waals surface area contributed by atoms with Gasteiger partial charge in [-0.05, 0) is 19.3 Å². The van der Waals surface area contributed by atoms with E-state index in [1.807, 2.05) is 0 Å². The summed E-state index contributed by atoms with van der Waals surface area (Å²) in [5.74, 6) is 1.31. The first-order chi connectivity index (χ1) is 6.36. The molecule has 1 heteroatoms. The lowest BCUT2D eigenvalue weighted by atomic mass is 10.1. The Bertz CT molecular complexity index is 161. The lowest BCUT2D eigenvalue weighted by Crippen LogP contribution is -1.92. The van der Waals surface area contributed by atoms with Gasteiger partial charge < -0.3 is 0 Å². The SMILES string of the molecule is CCCCC1=CC(CCCC)SC1. The lowest BCUT2D eigenvalue weighted by molar-refractivity contribution is 0.736. The van der Waals surface area contributed by atoms with E-state index in [9.17, 15) is 0 Å². The maximum Gasteiger partial charge on any atom is 0.0233 e. The van der Waals surface area contributed by atoms with Gasteiger partial charge in [-0.15, -0.1) is 11.8 Å². The molecule has 76 valence electrons. The van der Waals surface area contributed by atoms with Gasteiger partial charge in [0.1, 0.15) is 0 Å². The average Bonchev–Trinajstić information content (AvgIpc) is 2.59. The van der Waals surface area contributed by atoms with Gasteiger partial charge in [-0.3, -0.25) is 0 Å². The molecule has 0 saturated heterocycles. The Morgan fingerprint density at radius 2 is 2.08 bits per heavy atom. The van der Waals surface area contributed by atoms with Crippen molar-refractivity contribution in [3.8, 4) is 0 Å². The molecule has 0 aliphatic carbocycles. The van der Waals surface area contributed by atoms with Crippen molar-refractivity contribution < 1.29 is 0 Å². The largest absolute Gasteiger partial charge is 0.150 e. The number of hydrogen-bond acceptors (Lipinski definition) is 1. The summed E-state index contributed by atoms with van der Waals surface area (Å²) in [5, 5.41) is 0.854. The van der Waals surface area contributed by atoms with E-state index in [4.69, 9.17) is 0 Å². The highest BCUT2D eigenvalue weighted by atomic mass is 32.2. The summed E-state index contributed by atoms with van der Waals surface area (Å²) in [7, 11) is 0. The van der Waals surface area contributed by atoms with Gasteiger partial charge in [0, 0.05) is 11.0 Å². The van der Waals surface area contributed by atoms with Gasteiger partial charge in [0.2, 0.25) is 0 Å².